The van der Waals surface area contributed by atoms with E-state index in [0.717, 1.165) is 60.6 Å². The fraction of sp³-hybridized carbons (Fsp3) is 0.310. The molecular weight excluding hydrogens is 487 g/mol. The number of halogens is 1. The van der Waals surface area contributed by atoms with Gasteiger partial charge in [-0.25, -0.2) is 9.37 Å². The average molecular weight is 519 g/mol. The second kappa shape index (κ2) is 11.1. The lowest BCUT2D eigenvalue weighted by Crippen LogP contribution is -2.22. The van der Waals surface area contributed by atoms with Gasteiger partial charge in [-0.2, -0.15) is 0 Å². The van der Waals surface area contributed by atoms with Crippen molar-refractivity contribution < 1.29 is 23.4 Å². The third kappa shape index (κ3) is 5.28. The molecule has 4 aromatic rings. The molecule has 3 aromatic carbocycles. The summed E-state index contributed by atoms with van der Waals surface area (Å²) in [6, 6.07) is 13.9. The standard InChI is InChI=1S/C29H31FN4O4/c1-18-12-20(4-6-23(18)29(35)31-2)34-17-33-28-25(32-16-19-8-10-37-11-9-19)14-22(15-26(28)34)38-21-5-7-27(36-3)24(30)13-21/h4-7,12-15,17,19,32H,8-11,16H2,1-3H3,(H,31,35). The van der Waals surface area contributed by atoms with Crippen LogP contribution in [-0.2, 0) is 4.74 Å². The van der Waals surface area contributed by atoms with Crippen LogP contribution >= 0.6 is 0 Å². The van der Waals surface area contributed by atoms with Gasteiger partial charge < -0.3 is 24.8 Å². The molecule has 0 bridgehead atoms. The van der Waals surface area contributed by atoms with Crippen molar-refractivity contribution in [2.24, 2.45) is 5.92 Å². The third-order valence-corrected chi connectivity index (χ3v) is 6.87. The second-order valence-electron chi connectivity index (χ2n) is 9.37. The zero-order valence-corrected chi connectivity index (χ0v) is 21.7. The van der Waals surface area contributed by atoms with Crippen LogP contribution in [0.3, 0.4) is 0 Å². The van der Waals surface area contributed by atoms with Crippen molar-refractivity contribution in [1.29, 1.82) is 0 Å². The van der Waals surface area contributed by atoms with Gasteiger partial charge in [0.05, 0.1) is 18.3 Å². The molecule has 1 aliphatic heterocycles. The summed E-state index contributed by atoms with van der Waals surface area (Å²) >= 11 is 0. The van der Waals surface area contributed by atoms with E-state index in [1.807, 2.05) is 35.8 Å². The minimum atomic E-state index is -0.499. The number of anilines is 1. The quantitative estimate of drug-likeness (QED) is 0.322. The molecular formula is C29H31FN4O4. The van der Waals surface area contributed by atoms with Crippen molar-refractivity contribution in [3.63, 3.8) is 0 Å². The van der Waals surface area contributed by atoms with Crippen molar-refractivity contribution in [1.82, 2.24) is 14.9 Å². The number of benzene rings is 3. The van der Waals surface area contributed by atoms with Gasteiger partial charge in [-0.15, -0.1) is 0 Å². The number of nitrogens with zero attached hydrogens (tertiary/aromatic N) is 2. The second-order valence-corrected chi connectivity index (χ2v) is 9.37. The predicted octanol–water partition coefficient (Wildman–Crippen LogP) is 5.47. The molecule has 1 amide bonds. The Morgan fingerprint density at radius 2 is 1.95 bits per heavy atom. The molecule has 1 aliphatic rings. The number of methoxy groups -OCH3 is 1. The molecule has 0 saturated carbocycles. The van der Waals surface area contributed by atoms with Gasteiger partial charge in [0.15, 0.2) is 11.6 Å². The van der Waals surface area contributed by atoms with Crippen molar-refractivity contribution in [3.8, 4) is 22.9 Å². The molecule has 1 aromatic heterocycles. The summed E-state index contributed by atoms with van der Waals surface area (Å²) in [4.78, 5) is 16.9. The topological polar surface area (TPSA) is 86.6 Å². The summed E-state index contributed by atoms with van der Waals surface area (Å²) in [5.74, 6) is 0.917. The van der Waals surface area contributed by atoms with Crippen LogP contribution in [0, 0.1) is 18.7 Å². The van der Waals surface area contributed by atoms with E-state index in [1.165, 1.54) is 19.2 Å². The van der Waals surface area contributed by atoms with Gasteiger partial charge in [-0.05, 0) is 61.6 Å². The fourth-order valence-corrected chi connectivity index (χ4v) is 4.73. The van der Waals surface area contributed by atoms with E-state index in [1.54, 1.807) is 25.5 Å². The Bertz CT molecular complexity index is 1460. The van der Waals surface area contributed by atoms with E-state index in [2.05, 4.69) is 10.6 Å². The first kappa shape index (κ1) is 25.5. The molecule has 0 atom stereocenters. The molecule has 198 valence electrons. The van der Waals surface area contributed by atoms with E-state index in [4.69, 9.17) is 19.2 Å². The summed E-state index contributed by atoms with van der Waals surface area (Å²) < 4.78 is 32.9. The minimum Gasteiger partial charge on any atom is -0.494 e. The zero-order chi connectivity index (χ0) is 26.6. The van der Waals surface area contributed by atoms with Gasteiger partial charge >= 0.3 is 0 Å². The molecule has 0 spiro atoms. The van der Waals surface area contributed by atoms with Gasteiger partial charge in [-0.1, -0.05) is 0 Å². The summed E-state index contributed by atoms with van der Waals surface area (Å²) in [5, 5.41) is 6.23. The number of fused-ring (bicyclic) bond motifs is 1. The van der Waals surface area contributed by atoms with Gasteiger partial charge in [0.2, 0.25) is 0 Å². The van der Waals surface area contributed by atoms with E-state index < -0.39 is 5.82 Å². The van der Waals surface area contributed by atoms with Crippen molar-refractivity contribution in [2.45, 2.75) is 19.8 Å². The van der Waals surface area contributed by atoms with Gasteiger partial charge in [0, 0.05) is 56.3 Å². The van der Waals surface area contributed by atoms with Crippen molar-refractivity contribution in [2.75, 3.05) is 39.2 Å². The Morgan fingerprint density at radius 3 is 2.66 bits per heavy atom. The highest BCUT2D eigenvalue weighted by atomic mass is 19.1. The number of aromatic nitrogens is 2. The first-order valence-corrected chi connectivity index (χ1v) is 12.6. The largest absolute Gasteiger partial charge is 0.494 e. The van der Waals surface area contributed by atoms with Crippen LogP contribution in [0.5, 0.6) is 17.2 Å². The molecule has 2 N–H and O–H groups in total. The molecule has 0 unspecified atom stereocenters. The first-order valence-electron chi connectivity index (χ1n) is 12.6. The Balaban J connectivity index is 1.53. The van der Waals surface area contributed by atoms with E-state index >= 15 is 0 Å². The highest BCUT2D eigenvalue weighted by Crippen LogP contribution is 2.34. The summed E-state index contributed by atoms with van der Waals surface area (Å²) in [6.45, 7) is 4.23. The highest BCUT2D eigenvalue weighted by Gasteiger charge is 2.18. The highest BCUT2D eigenvalue weighted by molar-refractivity contribution is 5.96. The Hall–Kier alpha value is -4.11. The number of rotatable bonds is 8. The van der Waals surface area contributed by atoms with Gasteiger partial charge in [-0.3, -0.25) is 9.36 Å². The lowest BCUT2D eigenvalue weighted by Gasteiger charge is -2.23. The number of carbonyl (C=O) groups is 1. The number of carbonyl (C=O) groups excluding carboxylic acids is 1. The fourth-order valence-electron chi connectivity index (χ4n) is 4.73. The molecule has 38 heavy (non-hydrogen) atoms. The van der Waals surface area contributed by atoms with Crippen LogP contribution in [0.25, 0.3) is 16.7 Å². The van der Waals surface area contributed by atoms with Crippen LogP contribution in [0.2, 0.25) is 0 Å². The maximum absolute atomic E-state index is 14.3. The first-order chi connectivity index (χ1) is 18.5. The van der Waals surface area contributed by atoms with Crippen molar-refractivity contribution in [3.05, 3.63) is 71.8 Å². The number of nitrogens with one attached hydrogen (secondary N) is 2. The summed E-state index contributed by atoms with van der Waals surface area (Å²) in [6.07, 6.45) is 3.77. The van der Waals surface area contributed by atoms with Crippen LogP contribution in [-0.4, -0.2) is 49.4 Å². The lowest BCUT2D eigenvalue weighted by molar-refractivity contribution is 0.0699. The summed E-state index contributed by atoms with van der Waals surface area (Å²) in [7, 11) is 3.04. The molecule has 8 nitrogen and oxygen atoms in total. The smallest absolute Gasteiger partial charge is 0.251 e. The van der Waals surface area contributed by atoms with E-state index in [9.17, 15) is 9.18 Å². The maximum atomic E-state index is 14.3. The van der Waals surface area contributed by atoms with Gasteiger partial charge in [0.1, 0.15) is 23.3 Å². The van der Waals surface area contributed by atoms with E-state index in [0.29, 0.717) is 23.0 Å². The molecule has 0 radical (unpaired) electrons. The average Bonchev–Trinajstić information content (AvgIpc) is 3.36. The Kier molecular flexibility index (Phi) is 7.46. The SMILES string of the molecule is CNC(=O)c1ccc(-n2cnc3c(NCC4CCOCC4)cc(Oc4ccc(OC)c(F)c4)cc32)cc1C. The number of amides is 1. The maximum Gasteiger partial charge on any atom is 0.251 e. The van der Waals surface area contributed by atoms with Gasteiger partial charge in [0.25, 0.3) is 5.91 Å². The molecule has 5 rings (SSSR count). The van der Waals surface area contributed by atoms with E-state index in [-0.39, 0.29) is 11.7 Å². The molecule has 2 heterocycles. The predicted molar refractivity (Wildman–Crippen MR) is 144 cm³/mol. The van der Waals surface area contributed by atoms with Crippen LogP contribution in [0.15, 0.2) is 54.9 Å². The number of aryl methyl sites for hydroxylation is 1. The van der Waals surface area contributed by atoms with Crippen molar-refractivity contribution >= 4 is 22.6 Å². The number of hydrogen-bond acceptors (Lipinski definition) is 6. The Morgan fingerprint density at radius 1 is 1.13 bits per heavy atom. The lowest BCUT2D eigenvalue weighted by atomic mass is 10.0. The number of hydrogen-bond donors (Lipinski definition) is 2. The number of ether oxygens (including phenoxy) is 3. The van der Waals surface area contributed by atoms with Crippen LogP contribution in [0.1, 0.15) is 28.8 Å². The molecule has 0 aliphatic carbocycles. The number of imidazole rings is 1. The minimum absolute atomic E-state index is 0.133. The monoisotopic (exact) mass is 518 g/mol. The van der Waals surface area contributed by atoms with Crippen LogP contribution < -0.4 is 20.1 Å². The third-order valence-electron chi connectivity index (χ3n) is 6.87. The molecule has 9 heteroatoms. The summed E-state index contributed by atoms with van der Waals surface area (Å²) in [5.41, 5.74) is 4.76. The van der Waals surface area contributed by atoms with Crippen LogP contribution in [0.4, 0.5) is 10.1 Å². The molecule has 1 fully saturated rings. The Labute approximate surface area is 220 Å². The zero-order valence-electron chi connectivity index (χ0n) is 21.7. The normalized spacial score (nSPS) is 13.9. The molecule has 1 saturated heterocycles.